The molecule has 0 spiro atoms. The van der Waals surface area contributed by atoms with E-state index in [1.165, 1.54) is 66.2 Å². The van der Waals surface area contributed by atoms with Crippen molar-refractivity contribution in [2.24, 2.45) is 0 Å². The summed E-state index contributed by atoms with van der Waals surface area (Å²) in [6, 6.07) is 0. The molecule has 0 heterocycles. The van der Waals surface area contributed by atoms with Gasteiger partial charge in [0.05, 0.1) is 5.69 Å². The molecule has 1 N–H and O–H groups in total. The minimum Gasteiger partial charge on any atom is -0.359 e. The maximum absolute atomic E-state index is 4.07. The third-order valence-electron chi connectivity index (χ3n) is 6.48. The summed E-state index contributed by atoms with van der Waals surface area (Å²) < 4.78 is 0. The molecule has 0 aliphatic heterocycles. The maximum atomic E-state index is 4.07. The number of thioether (sulfide) groups is 1. The Labute approximate surface area is 178 Å². The van der Waals surface area contributed by atoms with Crippen molar-refractivity contribution >= 4 is 17.4 Å². The normalized spacial score (nSPS) is 10.6. The summed E-state index contributed by atoms with van der Waals surface area (Å²) in [6.07, 6.45) is 0. The van der Waals surface area contributed by atoms with Crippen LogP contribution < -0.4 is 5.32 Å². The van der Waals surface area contributed by atoms with Crippen molar-refractivity contribution < 1.29 is 0 Å². The molecule has 1 nitrogen and oxygen atoms in total. The summed E-state index contributed by atoms with van der Waals surface area (Å²) in [4.78, 5) is 1.35. The molecule has 0 atom stereocenters. The van der Waals surface area contributed by atoms with Crippen LogP contribution in [0.1, 0.15) is 70.0 Å². The van der Waals surface area contributed by atoms with Gasteiger partial charge in [0.15, 0.2) is 0 Å². The topological polar surface area (TPSA) is 12.0 Å². The summed E-state index contributed by atoms with van der Waals surface area (Å²) in [5.41, 5.74) is 16.3. The predicted octanol–water partition coefficient (Wildman–Crippen LogP) is 8.34. The lowest BCUT2D eigenvalue weighted by Gasteiger charge is -2.23. The van der Waals surface area contributed by atoms with Crippen molar-refractivity contribution in [3.05, 3.63) is 67.9 Å². The maximum Gasteiger partial charge on any atom is 0.0555 e. The molecular formula is C26H39NS. The molecule has 2 aromatic carbocycles. The molecule has 2 heteroatoms. The minimum absolute atomic E-state index is 0. The van der Waals surface area contributed by atoms with Crippen LogP contribution in [0.3, 0.4) is 0 Å². The molecule has 28 heavy (non-hydrogen) atoms. The standard InChI is InChI=1S/C25H35NS.CH4/c1-13(2)26-24-21(10)17(6)18(7)22(11)25(24)27-12-23-19(8)15(4)14(3)16(5)20(23)9;/h26H,1,12H2,2-11H3;1H4. The summed E-state index contributed by atoms with van der Waals surface area (Å²) in [7, 11) is 0. The molecule has 2 rings (SSSR count). The third kappa shape index (κ3) is 4.33. The smallest absolute Gasteiger partial charge is 0.0555 e. The van der Waals surface area contributed by atoms with Crippen LogP contribution in [-0.4, -0.2) is 0 Å². The second-order valence-electron chi connectivity index (χ2n) is 8.00. The molecule has 0 aliphatic carbocycles. The largest absolute Gasteiger partial charge is 0.359 e. The first-order valence-corrected chi connectivity index (χ1v) is 10.7. The Balaban J connectivity index is 0.00000392. The van der Waals surface area contributed by atoms with Gasteiger partial charge in [-0.05, 0) is 125 Å². The highest BCUT2D eigenvalue weighted by molar-refractivity contribution is 7.98. The van der Waals surface area contributed by atoms with Crippen molar-refractivity contribution in [3.63, 3.8) is 0 Å². The molecule has 154 valence electrons. The molecule has 0 fully saturated rings. The van der Waals surface area contributed by atoms with Gasteiger partial charge in [-0.3, -0.25) is 0 Å². The van der Waals surface area contributed by atoms with Crippen LogP contribution in [0.15, 0.2) is 17.2 Å². The fourth-order valence-corrected chi connectivity index (χ4v) is 5.20. The van der Waals surface area contributed by atoms with Gasteiger partial charge in [-0.15, -0.1) is 11.8 Å². The van der Waals surface area contributed by atoms with Crippen LogP contribution in [-0.2, 0) is 5.75 Å². The molecule has 0 bridgehead atoms. The molecule has 0 radical (unpaired) electrons. The number of allylic oxidation sites excluding steroid dienone is 1. The van der Waals surface area contributed by atoms with Crippen molar-refractivity contribution in [1.29, 1.82) is 0 Å². The van der Waals surface area contributed by atoms with Gasteiger partial charge < -0.3 is 5.32 Å². The van der Waals surface area contributed by atoms with Gasteiger partial charge in [-0.2, -0.15) is 0 Å². The van der Waals surface area contributed by atoms with E-state index in [0.29, 0.717) is 0 Å². The Bertz CT molecular complexity index is 890. The Morgan fingerprint density at radius 1 is 0.679 bits per heavy atom. The number of benzene rings is 2. The number of anilines is 1. The van der Waals surface area contributed by atoms with Crippen LogP contribution in [0.25, 0.3) is 0 Å². The molecule has 0 saturated carbocycles. The van der Waals surface area contributed by atoms with E-state index in [2.05, 4.69) is 74.2 Å². The number of hydrogen-bond acceptors (Lipinski definition) is 2. The zero-order valence-electron chi connectivity index (χ0n) is 18.8. The zero-order valence-corrected chi connectivity index (χ0v) is 19.6. The molecule has 2 aromatic rings. The van der Waals surface area contributed by atoms with E-state index >= 15 is 0 Å². The summed E-state index contributed by atoms with van der Waals surface area (Å²) in [6.45, 7) is 26.3. The molecule has 0 unspecified atom stereocenters. The first-order valence-electron chi connectivity index (χ1n) is 9.70. The van der Waals surface area contributed by atoms with Crippen LogP contribution >= 0.6 is 11.8 Å². The third-order valence-corrected chi connectivity index (χ3v) is 7.72. The average Bonchev–Trinajstić information content (AvgIpc) is 2.62. The number of hydrogen-bond donors (Lipinski definition) is 1. The fraction of sp³-hybridized carbons (Fsp3) is 0.462. The Kier molecular flexibility index (Phi) is 8.02. The van der Waals surface area contributed by atoms with Gasteiger partial charge in [-0.1, -0.05) is 14.0 Å². The van der Waals surface area contributed by atoms with E-state index in [9.17, 15) is 0 Å². The highest BCUT2D eigenvalue weighted by Gasteiger charge is 2.18. The van der Waals surface area contributed by atoms with Crippen LogP contribution in [0, 0.1) is 62.3 Å². The average molecular weight is 398 g/mol. The number of rotatable bonds is 5. The van der Waals surface area contributed by atoms with Crippen LogP contribution in [0.5, 0.6) is 0 Å². The molecule has 0 saturated heterocycles. The fourth-order valence-electron chi connectivity index (χ4n) is 3.76. The van der Waals surface area contributed by atoms with Gasteiger partial charge in [0.2, 0.25) is 0 Å². The van der Waals surface area contributed by atoms with E-state index in [1.807, 2.05) is 18.7 Å². The van der Waals surface area contributed by atoms with E-state index in [1.54, 1.807) is 0 Å². The van der Waals surface area contributed by atoms with Crippen LogP contribution in [0.4, 0.5) is 5.69 Å². The van der Waals surface area contributed by atoms with E-state index in [4.69, 9.17) is 0 Å². The van der Waals surface area contributed by atoms with E-state index < -0.39 is 0 Å². The van der Waals surface area contributed by atoms with E-state index in [-0.39, 0.29) is 7.43 Å². The minimum atomic E-state index is 0. The lowest BCUT2D eigenvalue weighted by Crippen LogP contribution is -2.05. The highest BCUT2D eigenvalue weighted by Crippen LogP contribution is 2.41. The lowest BCUT2D eigenvalue weighted by molar-refractivity contribution is 1.11. The van der Waals surface area contributed by atoms with Crippen molar-refractivity contribution in [3.8, 4) is 0 Å². The van der Waals surface area contributed by atoms with Gasteiger partial charge in [-0.25, -0.2) is 0 Å². The lowest BCUT2D eigenvalue weighted by atomic mass is 9.90. The number of nitrogens with one attached hydrogen (secondary N) is 1. The van der Waals surface area contributed by atoms with Crippen LogP contribution in [0.2, 0.25) is 0 Å². The molecular weight excluding hydrogens is 358 g/mol. The van der Waals surface area contributed by atoms with E-state index in [0.717, 1.165) is 11.4 Å². The van der Waals surface area contributed by atoms with Crippen molar-refractivity contribution in [2.75, 3.05) is 5.32 Å². The van der Waals surface area contributed by atoms with Gasteiger partial charge in [0.25, 0.3) is 0 Å². The first-order chi connectivity index (χ1) is 12.5. The summed E-state index contributed by atoms with van der Waals surface area (Å²) in [5.74, 6) is 0.993. The molecule has 0 aromatic heterocycles. The molecule has 0 aliphatic rings. The van der Waals surface area contributed by atoms with Gasteiger partial charge >= 0.3 is 0 Å². The van der Waals surface area contributed by atoms with Gasteiger partial charge in [0.1, 0.15) is 0 Å². The van der Waals surface area contributed by atoms with Gasteiger partial charge in [0, 0.05) is 16.3 Å². The Hall–Kier alpha value is -1.67. The monoisotopic (exact) mass is 397 g/mol. The van der Waals surface area contributed by atoms with Crippen molar-refractivity contribution in [2.45, 2.75) is 87.3 Å². The second kappa shape index (κ2) is 9.22. The SMILES string of the molecule is C.C=C(C)Nc1c(C)c(C)c(C)c(C)c1SCc1c(C)c(C)c(C)c(C)c1C. The second-order valence-corrected chi connectivity index (χ2v) is 8.99. The summed E-state index contributed by atoms with van der Waals surface area (Å²) in [5, 5.41) is 3.53. The molecule has 0 amide bonds. The first kappa shape index (κ1) is 24.4. The quantitative estimate of drug-likeness (QED) is 0.509. The zero-order chi connectivity index (χ0) is 20.6. The highest BCUT2D eigenvalue weighted by atomic mass is 32.2. The Morgan fingerprint density at radius 3 is 1.54 bits per heavy atom. The Morgan fingerprint density at radius 2 is 1.07 bits per heavy atom. The summed E-state index contributed by atoms with van der Waals surface area (Å²) >= 11 is 1.95. The predicted molar refractivity (Wildman–Crippen MR) is 130 cm³/mol. The van der Waals surface area contributed by atoms with Crippen molar-refractivity contribution in [1.82, 2.24) is 0 Å².